The van der Waals surface area contributed by atoms with E-state index in [0.717, 1.165) is 11.3 Å². The predicted octanol–water partition coefficient (Wildman–Crippen LogP) is 2.68. The van der Waals surface area contributed by atoms with Crippen molar-refractivity contribution in [2.45, 2.75) is 6.04 Å². The molecule has 1 aromatic heterocycles. The summed E-state index contributed by atoms with van der Waals surface area (Å²) in [4.78, 5) is 11.4. The monoisotopic (exact) mass is 336 g/mol. The van der Waals surface area contributed by atoms with Gasteiger partial charge in [-0.3, -0.25) is 4.79 Å². The predicted molar refractivity (Wildman–Crippen MR) is 77.9 cm³/mol. The Hall–Kier alpha value is -1.79. The highest BCUT2D eigenvalue weighted by Gasteiger charge is 2.20. The maximum atomic E-state index is 11.4. The molecule has 6 heteroatoms. The van der Waals surface area contributed by atoms with Crippen LogP contribution in [0.4, 0.5) is 5.69 Å². The lowest BCUT2D eigenvalue weighted by atomic mass is 10.0. The SMILES string of the molecule is CNC(c1ccc2c(c1)NC(=O)CO2)c1ccc(Br)o1. The zero-order valence-electron chi connectivity index (χ0n) is 10.8. The van der Waals surface area contributed by atoms with Crippen molar-refractivity contribution in [2.75, 3.05) is 19.0 Å². The Labute approximate surface area is 124 Å². The summed E-state index contributed by atoms with van der Waals surface area (Å²) in [5, 5.41) is 6.00. The summed E-state index contributed by atoms with van der Waals surface area (Å²) >= 11 is 3.30. The fourth-order valence-corrected chi connectivity index (χ4v) is 2.56. The van der Waals surface area contributed by atoms with E-state index in [1.54, 1.807) is 0 Å². The second-order valence-corrected chi connectivity index (χ2v) is 5.24. The van der Waals surface area contributed by atoms with E-state index < -0.39 is 0 Å². The van der Waals surface area contributed by atoms with Gasteiger partial charge in [0.15, 0.2) is 11.3 Å². The average Bonchev–Trinajstić information content (AvgIpc) is 2.85. The van der Waals surface area contributed by atoms with Crippen LogP contribution in [0.25, 0.3) is 0 Å². The molecule has 2 heterocycles. The van der Waals surface area contributed by atoms with Crippen molar-refractivity contribution in [1.82, 2.24) is 5.32 Å². The summed E-state index contributed by atoms with van der Waals surface area (Å²) in [6.45, 7) is 0.0624. The highest BCUT2D eigenvalue weighted by Crippen LogP contribution is 2.33. The van der Waals surface area contributed by atoms with Gasteiger partial charge in [-0.25, -0.2) is 0 Å². The summed E-state index contributed by atoms with van der Waals surface area (Å²) < 4.78 is 11.6. The lowest BCUT2D eigenvalue weighted by Crippen LogP contribution is -2.26. The molecule has 3 rings (SSSR count). The molecule has 1 aliphatic rings. The molecule has 0 fully saturated rings. The van der Waals surface area contributed by atoms with Crippen molar-refractivity contribution in [3.63, 3.8) is 0 Å². The van der Waals surface area contributed by atoms with E-state index in [1.807, 2.05) is 37.4 Å². The molecule has 20 heavy (non-hydrogen) atoms. The molecular weight excluding hydrogens is 324 g/mol. The van der Waals surface area contributed by atoms with Crippen LogP contribution in [0.3, 0.4) is 0 Å². The number of halogens is 1. The van der Waals surface area contributed by atoms with Crippen molar-refractivity contribution in [1.29, 1.82) is 0 Å². The summed E-state index contributed by atoms with van der Waals surface area (Å²) in [7, 11) is 1.86. The largest absolute Gasteiger partial charge is 0.482 e. The Kier molecular flexibility index (Phi) is 3.50. The van der Waals surface area contributed by atoms with Gasteiger partial charge in [-0.1, -0.05) is 6.07 Å². The third-order valence-corrected chi connectivity index (χ3v) is 3.56. The highest BCUT2D eigenvalue weighted by atomic mass is 79.9. The number of carbonyl (C=O) groups is 1. The normalized spacial score (nSPS) is 15.2. The van der Waals surface area contributed by atoms with Crippen LogP contribution in [0.1, 0.15) is 17.4 Å². The number of hydrogen-bond acceptors (Lipinski definition) is 4. The van der Waals surface area contributed by atoms with Gasteiger partial charge in [-0.05, 0) is 52.8 Å². The molecule has 1 amide bonds. The van der Waals surface area contributed by atoms with Gasteiger partial charge in [-0.15, -0.1) is 0 Å². The molecule has 0 radical (unpaired) electrons. The van der Waals surface area contributed by atoms with Gasteiger partial charge in [0.05, 0.1) is 11.7 Å². The molecule has 0 bridgehead atoms. The Morgan fingerprint density at radius 1 is 1.35 bits per heavy atom. The first kappa shape index (κ1) is 13.2. The number of ether oxygens (including phenoxy) is 1. The second kappa shape index (κ2) is 5.30. The molecule has 0 saturated carbocycles. The smallest absolute Gasteiger partial charge is 0.262 e. The van der Waals surface area contributed by atoms with E-state index in [1.165, 1.54) is 0 Å². The lowest BCUT2D eigenvalue weighted by Gasteiger charge is -2.21. The molecule has 0 spiro atoms. The van der Waals surface area contributed by atoms with Crippen LogP contribution >= 0.6 is 15.9 Å². The number of rotatable bonds is 3. The fourth-order valence-electron chi connectivity index (χ4n) is 2.24. The van der Waals surface area contributed by atoms with Gasteiger partial charge in [0.1, 0.15) is 11.5 Å². The van der Waals surface area contributed by atoms with Crippen LogP contribution in [0.2, 0.25) is 0 Å². The quantitative estimate of drug-likeness (QED) is 0.904. The fraction of sp³-hybridized carbons (Fsp3) is 0.214. The first-order valence-electron chi connectivity index (χ1n) is 6.16. The van der Waals surface area contributed by atoms with Crippen LogP contribution < -0.4 is 15.4 Å². The summed E-state index contributed by atoms with van der Waals surface area (Å²) in [5.74, 6) is 1.34. The third kappa shape index (κ3) is 2.44. The van der Waals surface area contributed by atoms with Gasteiger partial charge in [0.2, 0.25) is 0 Å². The van der Waals surface area contributed by atoms with Crippen molar-refractivity contribution in [2.24, 2.45) is 0 Å². The molecule has 2 aromatic rings. The first-order valence-corrected chi connectivity index (χ1v) is 6.96. The van der Waals surface area contributed by atoms with E-state index in [9.17, 15) is 4.79 Å². The van der Waals surface area contributed by atoms with E-state index in [2.05, 4.69) is 26.6 Å². The van der Waals surface area contributed by atoms with Crippen LogP contribution in [-0.4, -0.2) is 19.6 Å². The molecule has 0 aliphatic carbocycles. The van der Waals surface area contributed by atoms with Gasteiger partial charge in [0.25, 0.3) is 5.91 Å². The summed E-state index contributed by atoms with van der Waals surface area (Å²) in [6.07, 6.45) is 0. The Morgan fingerprint density at radius 3 is 2.90 bits per heavy atom. The van der Waals surface area contributed by atoms with Crippen molar-refractivity contribution in [3.05, 3.63) is 46.3 Å². The van der Waals surface area contributed by atoms with E-state index >= 15 is 0 Å². The Balaban J connectivity index is 1.96. The van der Waals surface area contributed by atoms with E-state index in [0.29, 0.717) is 16.1 Å². The van der Waals surface area contributed by atoms with Crippen molar-refractivity contribution in [3.8, 4) is 5.75 Å². The van der Waals surface area contributed by atoms with Crippen molar-refractivity contribution >= 4 is 27.5 Å². The minimum atomic E-state index is -0.142. The molecule has 5 nitrogen and oxygen atoms in total. The number of benzene rings is 1. The second-order valence-electron chi connectivity index (χ2n) is 4.46. The maximum absolute atomic E-state index is 11.4. The number of amides is 1. The van der Waals surface area contributed by atoms with Crippen LogP contribution in [0.5, 0.6) is 5.75 Å². The lowest BCUT2D eigenvalue weighted by molar-refractivity contribution is -0.118. The van der Waals surface area contributed by atoms with E-state index in [4.69, 9.17) is 9.15 Å². The van der Waals surface area contributed by atoms with Crippen LogP contribution in [-0.2, 0) is 4.79 Å². The zero-order chi connectivity index (χ0) is 14.1. The molecule has 1 atom stereocenters. The van der Waals surface area contributed by atoms with Gasteiger partial charge in [0, 0.05) is 0 Å². The van der Waals surface area contributed by atoms with Crippen LogP contribution in [0, 0.1) is 0 Å². The number of nitrogens with one attached hydrogen (secondary N) is 2. The minimum Gasteiger partial charge on any atom is -0.482 e. The molecule has 1 aromatic carbocycles. The standard InChI is InChI=1S/C14H13BrN2O3/c1-16-14(11-4-5-12(15)20-11)8-2-3-10-9(6-8)17-13(18)7-19-10/h2-6,14,16H,7H2,1H3,(H,17,18). The van der Waals surface area contributed by atoms with Crippen LogP contribution in [0.15, 0.2) is 39.4 Å². The van der Waals surface area contributed by atoms with Crippen molar-refractivity contribution < 1.29 is 13.9 Å². The zero-order valence-corrected chi connectivity index (χ0v) is 12.4. The molecule has 0 saturated heterocycles. The number of anilines is 1. The first-order chi connectivity index (χ1) is 9.67. The maximum Gasteiger partial charge on any atom is 0.262 e. The topological polar surface area (TPSA) is 63.5 Å². The number of fused-ring (bicyclic) bond motifs is 1. The molecule has 1 unspecified atom stereocenters. The minimum absolute atomic E-state index is 0.0624. The number of carbonyl (C=O) groups excluding carboxylic acids is 1. The Bertz CT molecular complexity index is 654. The highest BCUT2D eigenvalue weighted by molar-refractivity contribution is 9.10. The van der Waals surface area contributed by atoms with E-state index in [-0.39, 0.29) is 18.6 Å². The number of furan rings is 1. The van der Waals surface area contributed by atoms with Gasteiger partial charge < -0.3 is 19.8 Å². The molecular formula is C14H13BrN2O3. The van der Waals surface area contributed by atoms with Gasteiger partial charge >= 0.3 is 0 Å². The Morgan fingerprint density at radius 2 is 2.20 bits per heavy atom. The number of hydrogen-bond donors (Lipinski definition) is 2. The van der Waals surface area contributed by atoms with Gasteiger partial charge in [-0.2, -0.15) is 0 Å². The average molecular weight is 337 g/mol. The molecule has 2 N–H and O–H groups in total. The molecule has 1 aliphatic heterocycles. The molecule has 104 valence electrons. The summed E-state index contributed by atoms with van der Waals surface area (Å²) in [6, 6.07) is 9.36. The third-order valence-electron chi connectivity index (χ3n) is 3.14. The summed E-state index contributed by atoms with van der Waals surface area (Å²) in [5.41, 5.74) is 1.67.